The average Bonchev–Trinajstić information content (AvgIpc) is 2.67. The quantitative estimate of drug-likeness (QED) is 0.662. The van der Waals surface area contributed by atoms with Crippen LogP contribution in [-0.4, -0.2) is 35.0 Å². The maximum absolute atomic E-state index is 13.0. The van der Waals surface area contributed by atoms with E-state index in [0.717, 1.165) is 17.4 Å². The normalized spacial score (nSPS) is 14.1. The number of benzene rings is 2. The van der Waals surface area contributed by atoms with Gasteiger partial charge < -0.3 is 20.0 Å². The molecule has 2 rings (SSSR count). The lowest BCUT2D eigenvalue weighted by atomic mass is 9.86. The van der Waals surface area contributed by atoms with Crippen LogP contribution < -0.4 is 5.32 Å². The summed E-state index contributed by atoms with van der Waals surface area (Å²) in [5.74, 6) is -0.191. The molecule has 0 heterocycles. The standard InChI is InChI=1S/C25H33NO4/c1-23(2,3)20-11-9-19(10-12-20)22(29)26-25(16-27,17-30-24(4,5)6)15-18-7-13-21(28)14-8-18/h7-14,16,28H,15,17H2,1-6H3,(H,26,29)/t25-/m0/s1. The van der Waals surface area contributed by atoms with Crippen LogP contribution >= 0.6 is 0 Å². The number of amides is 1. The molecule has 0 aliphatic heterocycles. The van der Waals surface area contributed by atoms with Crippen LogP contribution in [0.1, 0.15) is 63.0 Å². The maximum atomic E-state index is 13.0. The van der Waals surface area contributed by atoms with Crippen LogP contribution in [-0.2, 0) is 21.4 Å². The van der Waals surface area contributed by atoms with Gasteiger partial charge in [0.05, 0.1) is 12.2 Å². The fourth-order valence-corrected chi connectivity index (χ4v) is 2.98. The highest BCUT2D eigenvalue weighted by Crippen LogP contribution is 2.23. The molecule has 0 aliphatic carbocycles. The lowest BCUT2D eigenvalue weighted by molar-refractivity contribution is -0.118. The van der Waals surface area contributed by atoms with E-state index in [9.17, 15) is 14.7 Å². The van der Waals surface area contributed by atoms with Gasteiger partial charge in [0.1, 0.15) is 17.6 Å². The van der Waals surface area contributed by atoms with Gasteiger partial charge in [0, 0.05) is 12.0 Å². The second kappa shape index (κ2) is 9.00. The molecule has 2 N–H and O–H groups in total. The molecule has 0 bridgehead atoms. The molecule has 2 aromatic carbocycles. The van der Waals surface area contributed by atoms with Crippen LogP contribution in [0, 0.1) is 0 Å². The van der Waals surface area contributed by atoms with Crippen LogP contribution in [0.25, 0.3) is 0 Å². The fraction of sp³-hybridized carbons (Fsp3) is 0.440. The van der Waals surface area contributed by atoms with Gasteiger partial charge in [0.2, 0.25) is 0 Å². The van der Waals surface area contributed by atoms with E-state index in [2.05, 4.69) is 26.1 Å². The third-order valence-electron chi connectivity index (χ3n) is 4.82. The Bertz CT molecular complexity index is 858. The Kier molecular flexibility index (Phi) is 7.09. The number of rotatable bonds is 7. The first-order chi connectivity index (χ1) is 13.8. The van der Waals surface area contributed by atoms with Crippen molar-refractivity contribution in [3.63, 3.8) is 0 Å². The first kappa shape index (κ1) is 23.6. The number of aldehydes is 1. The van der Waals surface area contributed by atoms with Crippen molar-refractivity contribution in [2.45, 2.75) is 64.5 Å². The van der Waals surface area contributed by atoms with Crippen LogP contribution in [0.5, 0.6) is 5.75 Å². The number of phenols is 1. The third-order valence-corrected chi connectivity index (χ3v) is 4.82. The minimum atomic E-state index is -1.23. The predicted octanol–water partition coefficient (Wildman–Crippen LogP) is 4.42. The minimum absolute atomic E-state index is 0.0129. The molecule has 0 aliphatic rings. The largest absolute Gasteiger partial charge is 0.508 e. The van der Waals surface area contributed by atoms with Gasteiger partial charge in [-0.05, 0) is 61.6 Å². The maximum Gasteiger partial charge on any atom is 0.252 e. The summed E-state index contributed by atoms with van der Waals surface area (Å²) in [4.78, 5) is 25.2. The second-order valence-corrected chi connectivity index (χ2v) is 9.80. The Labute approximate surface area is 179 Å². The van der Waals surface area contributed by atoms with Crippen molar-refractivity contribution < 1.29 is 19.4 Å². The zero-order valence-electron chi connectivity index (χ0n) is 18.8. The molecule has 30 heavy (non-hydrogen) atoms. The highest BCUT2D eigenvalue weighted by Gasteiger charge is 2.34. The van der Waals surface area contributed by atoms with E-state index in [1.165, 1.54) is 0 Å². The van der Waals surface area contributed by atoms with E-state index in [1.54, 1.807) is 36.4 Å². The van der Waals surface area contributed by atoms with Gasteiger partial charge in [-0.3, -0.25) is 4.79 Å². The molecule has 5 heteroatoms. The van der Waals surface area contributed by atoms with E-state index >= 15 is 0 Å². The lowest BCUT2D eigenvalue weighted by Crippen LogP contribution is -2.56. The Morgan fingerprint density at radius 1 is 0.967 bits per heavy atom. The summed E-state index contributed by atoms with van der Waals surface area (Å²) in [6.07, 6.45) is 0.992. The van der Waals surface area contributed by atoms with Crippen molar-refractivity contribution in [1.82, 2.24) is 5.32 Å². The van der Waals surface area contributed by atoms with Crippen LogP contribution in [0.3, 0.4) is 0 Å². The van der Waals surface area contributed by atoms with Crippen LogP contribution in [0.15, 0.2) is 48.5 Å². The first-order valence-corrected chi connectivity index (χ1v) is 10.1. The van der Waals surface area contributed by atoms with E-state index < -0.39 is 11.1 Å². The van der Waals surface area contributed by atoms with Crippen molar-refractivity contribution >= 4 is 12.2 Å². The predicted molar refractivity (Wildman–Crippen MR) is 119 cm³/mol. The molecule has 0 spiro atoms. The molecule has 0 saturated heterocycles. The Balaban J connectivity index is 2.29. The topological polar surface area (TPSA) is 75.6 Å². The van der Waals surface area contributed by atoms with E-state index in [-0.39, 0.29) is 30.1 Å². The lowest BCUT2D eigenvalue weighted by Gasteiger charge is -2.33. The van der Waals surface area contributed by atoms with E-state index in [4.69, 9.17) is 4.74 Å². The van der Waals surface area contributed by atoms with E-state index in [0.29, 0.717) is 5.56 Å². The van der Waals surface area contributed by atoms with Crippen molar-refractivity contribution in [2.24, 2.45) is 0 Å². The smallest absolute Gasteiger partial charge is 0.252 e. The van der Waals surface area contributed by atoms with Gasteiger partial charge in [0.15, 0.2) is 0 Å². The molecule has 5 nitrogen and oxygen atoms in total. The number of phenolic OH excluding ortho intramolecular Hbond substituents is 1. The number of ether oxygens (including phenoxy) is 1. The number of carbonyl (C=O) groups excluding carboxylic acids is 2. The van der Waals surface area contributed by atoms with Crippen molar-refractivity contribution in [2.75, 3.05) is 6.61 Å². The average molecular weight is 412 g/mol. The summed E-state index contributed by atoms with van der Waals surface area (Å²) in [6.45, 7) is 12.1. The molecule has 0 unspecified atom stereocenters. The number of aromatic hydroxyl groups is 1. The summed E-state index contributed by atoms with van der Waals surface area (Å²) in [5, 5.41) is 12.4. The molecule has 1 amide bonds. The Morgan fingerprint density at radius 3 is 2.00 bits per heavy atom. The zero-order chi connectivity index (χ0) is 22.6. The summed E-state index contributed by atoms with van der Waals surface area (Å²) >= 11 is 0. The van der Waals surface area contributed by atoms with Gasteiger partial charge in [-0.25, -0.2) is 0 Å². The monoisotopic (exact) mass is 411 g/mol. The molecule has 162 valence electrons. The molecule has 2 aromatic rings. The molecule has 0 saturated carbocycles. The van der Waals surface area contributed by atoms with Crippen LogP contribution in [0.2, 0.25) is 0 Å². The molecule has 0 aromatic heterocycles. The molecular formula is C25H33NO4. The Hall–Kier alpha value is -2.66. The van der Waals surface area contributed by atoms with Gasteiger partial charge in [0.25, 0.3) is 5.91 Å². The summed E-state index contributed by atoms with van der Waals surface area (Å²) in [6, 6.07) is 14.0. The fourth-order valence-electron chi connectivity index (χ4n) is 2.98. The zero-order valence-corrected chi connectivity index (χ0v) is 18.8. The van der Waals surface area contributed by atoms with Crippen molar-refractivity contribution in [3.05, 3.63) is 65.2 Å². The molecule has 1 atom stereocenters. The second-order valence-electron chi connectivity index (χ2n) is 9.80. The molecule has 0 fully saturated rings. The minimum Gasteiger partial charge on any atom is -0.508 e. The molecule has 0 radical (unpaired) electrons. The number of carbonyl (C=O) groups is 2. The van der Waals surface area contributed by atoms with Gasteiger partial charge in [-0.15, -0.1) is 0 Å². The molecular weight excluding hydrogens is 378 g/mol. The van der Waals surface area contributed by atoms with Crippen molar-refractivity contribution in [1.29, 1.82) is 0 Å². The highest BCUT2D eigenvalue weighted by atomic mass is 16.5. The number of nitrogens with one attached hydrogen (secondary N) is 1. The third kappa shape index (κ3) is 6.70. The van der Waals surface area contributed by atoms with Crippen molar-refractivity contribution in [3.8, 4) is 5.75 Å². The highest BCUT2D eigenvalue weighted by molar-refractivity contribution is 5.96. The SMILES string of the molecule is CC(C)(C)OC[C@@](C=O)(Cc1ccc(O)cc1)NC(=O)c1ccc(C(C)(C)C)cc1. The summed E-state index contributed by atoms with van der Waals surface area (Å²) < 4.78 is 5.89. The Morgan fingerprint density at radius 2 is 1.53 bits per heavy atom. The van der Waals surface area contributed by atoms with Gasteiger partial charge in [-0.2, -0.15) is 0 Å². The summed E-state index contributed by atoms with van der Waals surface area (Å²) in [5.41, 5.74) is 0.699. The van der Waals surface area contributed by atoms with Crippen LogP contribution in [0.4, 0.5) is 0 Å². The number of hydrogen-bond acceptors (Lipinski definition) is 4. The number of hydrogen-bond donors (Lipinski definition) is 2. The van der Waals surface area contributed by atoms with Gasteiger partial charge in [-0.1, -0.05) is 45.0 Å². The summed E-state index contributed by atoms with van der Waals surface area (Å²) in [7, 11) is 0. The first-order valence-electron chi connectivity index (χ1n) is 10.1. The van der Waals surface area contributed by atoms with Gasteiger partial charge >= 0.3 is 0 Å². The van der Waals surface area contributed by atoms with E-state index in [1.807, 2.05) is 32.9 Å².